The Hall–Kier alpha value is -3.76. The monoisotopic (exact) mass is 495 g/mol. The van der Waals surface area contributed by atoms with Crippen molar-refractivity contribution in [1.82, 2.24) is 0 Å². The molecule has 3 aromatic carbocycles. The average molecular weight is 496 g/mol. The summed E-state index contributed by atoms with van der Waals surface area (Å²) in [5, 5.41) is 2.86. The van der Waals surface area contributed by atoms with E-state index >= 15 is 0 Å². The van der Waals surface area contributed by atoms with Crippen LogP contribution >= 0.6 is 0 Å². The van der Waals surface area contributed by atoms with Crippen LogP contribution in [0.4, 0.5) is 17.1 Å². The van der Waals surface area contributed by atoms with Gasteiger partial charge in [-0.25, -0.2) is 8.42 Å². The van der Waals surface area contributed by atoms with Crippen LogP contribution in [0.1, 0.15) is 10.4 Å². The second kappa shape index (κ2) is 9.85. The molecule has 35 heavy (non-hydrogen) atoms. The molecule has 1 saturated heterocycles. The van der Waals surface area contributed by atoms with Crippen molar-refractivity contribution >= 4 is 33.0 Å². The number of ether oxygens (including phenoxy) is 3. The van der Waals surface area contributed by atoms with Gasteiger partial charge in [0, 0.05) is 41.8 Å². The van der Waals surface area contributed by atoms with Crippen molar-refractivity contribution < 1.29 is 27.4 Å². The molecule has 0 radical (unpaired) electrons. The van der Waals surface area contributed by atoms with Gasteiger partial charge in [0.2, 0.25) is 0 Å². The van der Waals surface area contributed by atoms with E-state index in [2.05, 4.69) is 14.9 Å². The van der Waals surface area contributed by atoms with Crippen molar-refractivity contribution in [2.45, 2.75) is 4.90 Å². The first kappa shape index (κ1) is 23.0. The lowest BCUT2D eigenvalue weighted by atomic mass is 10.2. The minimum absolute atomic E-state index is 0.0593. The van der Waals surface area contributed by atoms with Crippen molar-refractivity contribution in [3.05, 3.63) is 72.3 Å². The Balaban J connectivity index is 1.22. The van der Waals surface area contributed by atoms with Crippen LogP contribution in [0.25, 0.3) is 0 Å². The molecule has 0 unspecified atom stereocenters. The molecule has 2 heterocycles. The van der Waals surface area contributed by atoms with E-state index in [0.29, 0.717) is 54.9 Å². The fraction of sp³-hybridized carbons (Fsp3) is 0.240. The lowest BCUT2D eigenvalue weighted by Crippen LogP contribution is -2.36. The molecule has 0 atom stereocenters. The third kappa shape index (κ3) is 5.33. The molecule has 2 N–H and O–H groups in total. The highest BCUT2D eigenvalue weighted by atomic mass is 32.2. The van der Waals surface area contributed by atoms with E-state index in [1.807, 2.05) is 24.3 Å². The molecule has 1 amide bonds. The Bertz CT molecular complexity index is 1300. The highest BCUT2D eigenvalue weighted by Crippen LogP contribution is 2.32. The third-order valence-electron chi connectivity index (χ3n) is 5.72. The van der Waals surface area contributed by atoms with Crippen molar-refractivity contribution in [3.63, 3.8) is 0 Å². The molecule has 2 aliphatic heterocycles. The zero-order valence-electron chi connectivity index (χ0n) is 18.9. The zero-order chi connectivity index (χ0) is 24.3. The van der Waals surface area contributed by atoms with Crippen LogP contribution in [0.3, 0.4) is 0 Å². The number of amides is 1. The number of benzene rings is 3. The van der Waals surface area contributed by atoms with Crippen LogP contribution < -0.4 is 24.4 Å². The molecule has 0 saturated carbocycles. The smallest absolute Gasteiger partial charge is 0.262 e. The number of sulfonamides is 1. The number of carbonyl (C=O) groups is 1. The van der Waals surface area contributed by atoms with E-state index in [0.717, 1.165) is 18.8 Å². The maximum absolute atomic E-state index is 12.8. The molecule has 5 rings (SSSR count). The Morgan fingerprint density at radius 2 is 1.43 bits per heavy atom. The summed E-state index contributed by atoms with van der Waals surface area (Å²) in [6, 6.07) is 18.4. The summed E-state index contributed by atoms with van der Waals surface area (Å²) < 4.78 is 44.4. The highest BCUT2D eigenvalue weighted by Gasteiger charge is 2.20. The van der Waals surface area contributed by atoms with Crippen molar-refractivity contribution in [2.24, 2.45) is 0 Å². The first-order valence-electron chi connectivity index (χ1n) is 11.2. The van der Waals surface area contributed by atoms with Gasteiger partial charge in [-0.2, -0.15) is 0 Å². The van der Waals surface area contributed by atoms with Crippen molar-refractivity contribution in [2.75, 3.05) is 54.5 Å². The Kier molecular flexibility index (Phi) is 6.47. The normalized spacial score (nSPS) is 15.4. The van der Waals surface area contributed by atoms with Gasteiger partial charge < -0.3 is 24.4 Å². The van der Waals surface area contributed by atoms with Gasteiger partial charge in [0.25, 0.3) is 15.9 Å². The van der Waals surface area contributed by atoms with Gasteiger partial charge in [0.1, 0.15) is 13.2 Å². The summed E-state index contributed by atoms with van der Waals surface area (Å²) in [6.07, 6.45) is 0. The van der Waals surface area contributed by atoms with E-state index in [4.69, 9.17) is 14.2 Å². The zero-order valence-corrected chi connectivity index (χ0v) is 19.7. The van der Waals surface area contributed by atoms with Gasteiger partial charge in [0.05, 0.1) is 18.1 Å². The maximum atomic E-state index is 12.8. The van der Waals surface area contributed by atoms with E-state index in [-0.39, 0.29) is 10.8 Å². The lowest BCUT2D eigenvalue weighted by molar-refractivity contribution is 0.102. The first-order chi connectivity index (χ1) is 17.0. The third-order valence-corrected chi connectivity index (χ3v) is 7.10. The van der Waals surface area contributed by atoms with Gasteiger partial charge in [-0.15, -0.1) is 0 Å². The maximum Gasteiger partial charge on any atom is 0.262 e. The Labute approximate surface area is 203 Å². The van der Waals surface area contributed by atoms with Gasteiger partial charge in [-0.05, 0) is 60.7 Å². The minimum Gasteiger partial charge on any atom is -0.486 e. The molecule has 9 nitrogen and oxygen atoms in total. The predicted octanol–water partition coefficient (Wildman–Crippen LogP) is 3.35. The number of rotatable bonds is 6. The molecule has 1 fully saturated rings. The van der Waals surface area contributed by atoms with Gasteiger partial charge in [0.15, 0.2) is 11.5 Å². The Morgan fingerprint density at radius 3 is 2.14 bits per heavy atom. The topological polar surface area (TPSA) is 106 Å². The summed E-state index contributed by atoms with van der Waals surface area (Å²) in [5.74, 6) is 0.621. The molecule has 0 aliphatic carbocycles. The number of morpholine rings is 1. The summed E-state index contributed by atoms with van der Waals surface area (Å²) in [5.41, 5.74) is 2.51. The van der Waals surface area contributed by atoms with Crippen LogP contribution in [0.2, 0.25) is 0 Å². The number of hydrogen-bond acceptors (Lipinski definition) is 7. The van der Waals surface area contributed by atoms with E-state index in [9.17, 15) is 13.2 Å². The van der Waals surface area contributed by atoms with E-state index < -0.39 is 10.0 Å². The van der Waals surface area contributed by atoms with E-state index in [1.54, 1.807) is 30.3 Å². The predicted molar refractivity (Wildman–Crippen MR) is 132 cm³/mol. The Morgan fingerprint density at radius 1 is 0.771 bits per heavy atom. The quantitative estimate of drug-likeness (QED) is 0.540. The number of hydrogen-bond donors (Lipinski definition) is 2. The van der Waals surface area contributed by atoms with E-state index in [1.165, 1.54) is 12.1 Å². The van der Waals surface area contributed by atoms with Crippen molar-refractivity contribution in [3.8, 4) is 11.5 Å². The molecule has 2 aliphatic rings. The van der Waals surface area contributed by atoms with Gasteiger partial charge in [-0.3, -0.25) is 9.52 Å². The van der Waals surface area contributed by atoms with Crippen LogP contribution in [0.15, 0.2) is 71.6 Å². The largest absolute Gasteiger partial charge is 0.486 e. The lowest BCUT2D eigenvalue weighted by Gasteiger charge is -2.28. The highest BCUT2D eigenvalue weighted by molar-refractivity contribution is 7.92. The summed E-state index contributed by atoms with van der Waals surface area (Å²) in [4.78, 5) is 14.9. The second-order valence-corrected chi connectivity index (χ2v) is 9.77. The fourth-order valence-electron chi connectivity index (χ4n) is 3.87. The minimum atomic E-state index is -3.84. The molecule has 0 spiro atoms. The summed E-state index contributed by atoms with van der Waals surface area (Å²) in [7, 11) is -3.84. The standard InChI is InChI=1S/C25H25N3O6S/c29-25(26-19-5-7-21(8-6-19)28-11-13-32-14-12-28)18-1-3-20(4-2-18)27-35(30,31)22-9-10-23-24(17-22)34-16-15-33-23/h1-10,17,27H,11-16H2,(H,26,29). The number of nitrogens with zero attached hydrogens (tertiary/aromatic N) is 1. The summed E-state index contributed by atoms with van der Waals surface area (Å²) >= 11 is 0. The van der Waals surface area contributed by atoms with Crippen molar-refractivity contribution in [1.29, 1.82) is 0 Å². The summed E-state index contributed by atoms with van der Waals surface area (Å²) in [6.45, 7) is 3.90. The average Bonchev–Trinajstić information content (AvgIpc) is 2.89. The molecule has 0 aromatic heterocycles. The number of fused-ring (bicyclic) bond motifs is 1. The van der Waals surface area contributed by atoms with Crippen LogP contribution in [-0.4, -0.2) is 53.8 Å². The van der Waals surface area contributed by atoms with Gasteiger partial charge in [-0.1, -0.05) is 0 Å². The van der Waals surface area contributed by atoms with Crippen LogP contribution in [-0.2, 0) is 14.8 Å². The number of carbonyl (C=O) groups excluding carboxylic acids is 1. The second-order valence-electron chi connectivity index (χ2n) is 8.09. The molecular formula is C25H25N3O6S. The molecule has 0 bridgehead atoms. The fourth-order valence-corrected chi connectivity index (χ4v) is 4.95. The number of nitrogens with one attached hydrogen (secondary N) is 2. The molecule has 3 aromatic rings. The number of anilines is 3. The van der Waals surface area contributed by atoms with Crippen LogP contribution in [0.5, 0.6) is 11.5 Å². The molecule has 182 valence electrons. The first-order valence-corrected chi connectivity index (χ1v) is 12.7. The van der Waals surface area contributed by atoms with Crippen LogP contribution in [0, 0.1) is 0 Å². The molecular weight excluding hydrogens is 470 g/mol. The SMILES string of the molecule is O=C(Nc1ccc(N2CCOCC2)cc1)c1ccc(NS(=O)(=O)c2ccc3c(c2)OCCO3)cc1. The molecule has 10 heteroatoms. The van der Waals surface area contributed by atoms with Gasteiger partial charge >= 0.3 is 0 Å².